The van der Waals surface area contributed by atoms with Gasteiger partial charge in [-0.25, -0.2) is 0 Å². The number of hydrogen-bond acceptors (Lipinski definition) is 3. The molecule has 0 aliphatic rings. The molecule has 0 radical (unpaired) electrons. The van der Waals surface area contributed by atoms with E-state index >= 15 is 0 Å². The van der Waals surface area contributed by atoms with Crippen LogP contribution in [0.4, 0.5) is 0 Å². The van der Waals surface area contributed by atoms with E-state index in [2.05, 4.69) is 4.98 Å². The second-order valence-electron chi connectivity index (χ2n) is 4.17. The van der Waals surface area contributed by atoms with Crippen LogP contribution in [0.3, 0.4) is 0 Å². The number of aromatic hydroxyl groups is 1. The van der Waals surface area contributed by atoms with Gasteiger partial charge >= 0.3 is 0 Å². The van der Waals surface area contributed by atoms with Crippen LogP contribution in [0, 0.1) is 6.92 Å². The molecule has 0 saturated carbocycles. The molecule has 0 aliphatic carbocycles. The largest absolute Gasteiger partial charge is 0.507 e. The molecule has 1 aromatic heterocycles. The second-order valence-corrected chi connectivity index (χ2v) is 4.17. The molecule has 0 fully saturated rings. The van der Waals surface area contributed by atoms with E-state index in [4.69, 9.17) is 5.11 Å². The zero-order valence-electron chi connectivity index (χ0n) is 10.1. The minimum Gasteiger partial charge on any atom is -0.507 e. The monoisotopic (exact) mass is 245 g/mol. The van der Waals surface area contributed by atoms with Crippen molar-refractivity contribution in [1.82, 2.24) is 4.98 Å². The smallest absolute Gasteiger partial charge is 0.248 e. The van der Waals surface area contributed by atoms with E-state index in [0.717, 1.165) is 11.1 Å². The van der Waals surface area contributed by atoms with Gasteiger partial charge in [-0.1, -0.05) is 12.2 Å². The predicted molar refractivity (Wildman–Crippen MR) is 70.9 cm³/mol. The first kappa shape index (κ1) is 12.4. The molecule has 0 amide bonds. The first-order valence-corrected chi connectivity index (χ1v) is 5.74. The Morgan fingerprint density at radius 3 is 2.83 bits per heavy atom. The average molecular weight is 245 g/mol. The van der Waals surface area contributed by atoms with Crippen molar-refractivity contribution in [2.45, 2.75) is 13.3 Å². The molecule has 18 heavy (non-hydrogen) atoms. The van der Waals surface area contributed by atoms with Crippen LogP contribution in [-0.2, 0) is 6.42 Å². The van der Waals surface area contributed by atoms with Gasteiger partial charge in [0, 0.05) is 11.5 Å². The Kier molecular flexibility index (Phi) is 3.48. The van der Waals surface area contributed by atoms with Gasteiger partial charge in [-0.15, -0.1) is 0 Å². The van der Waals surface area contributed by atoms with Gasteiger partial charge in [0.1, 0.15) is 5.75 Å². The minimum absolute atomic E-state index is 0.0132. The fourth-order valence-corrected chi connectivity index (χ4v) is 2.00. The van der Waals surface area contributed by atoms with E-state index in [0.29, 0.717) is 17.3 Å². The Labute approximate surface area is 104 Å². The fourth-order valence-electron chi connectivity index (χ4n) is 2.00. The lowest BCUT2D eigenvalue weighted by Crippen LogP contribution is -2.04. The third kappa shape index (κ3) is 2.28. The van der Waals surface area contributed by atoms with E-state index < -0.39 is 0 Å². The van der Waals surface area contributed by atoms with Crippen molar-refractivity contribution in [1.29, 1.82) is 0 Å². The molecule has 2 rings (SSSR count). The van der Waals surface area contributed by atoms with E-state index in [1.165, 1.54) is 6.07 Å². The lowest BCUT2D eigenvalue weighted by Gasteiger charge is -2.09. The molecule has 0 saturated heterocycles. The summed E-state index contributed by atoms with van der Waals surface area (Å²) in [5.74, 6) is 0.175. The van der Waals surface area contributed by atoms with Gasteiger partial charge in [0.15, 0.2) is 0 Å². The highest BCUT2D eigenvalue weighted by molar-refractivity contribution is 5.88. The van der Waals surface area contributed by atoms with Crippen molar-refractivity contribution < 1.29 is 10.2 Å². The number of aromatic nitrogens is 1. The number of phenols is 1. The predicted octanol–water partition coefficient (Wildman–Crippen LogP) is 1.63. The van der Waals surface area contributed by atoms with Crippen molar-refractivity contribution in [3.8, 4) is 5.75 Å². The summed E-state index contributed by atoms with van der Waals surface area (Å²) in [6.45, 7) is 1.87. The number of aromatic amines is 1. The highest BCUT2D eigenvalue weighted by Crippen LogP contribution is 2.29. The van der Waals surface area contributed by atoms with Crippen LogP contribution in [0.2, 0.25) is 0 Å². The third-order valence-corrected chi connectivity index (χ3v) is 2.87. The van der Waals surface area contributed by atoms with Crippen LogP contribution in [0.15, 0.2) is 35.1 Å². The van der Waals surface area contributed by atoms with Crippen molar-refractivity contribution in [3.63, 3.8) is 0 Å². The maximum absolute atomic E-state index is 11.3. The number of nitrogens with one attached hydrogen (secondary N) is 1. The summed E-state index contributed by atoms with van der Waals surface area (Å²) in [4.78, 5) is 14.0. The van der Waals surface area contributed by atoms with Crippen LogP contribution in [0.25, 0.3) is 10.9 Å². The Hall–Kier alpha value is -2.07. The average Bonchev–Trinajstić information content (AvgIpc) is 2.35. The van der Waals surface area contributed by atoms with Crippen LogP contribution in [0.5, 0.6) is 5.75 Å². The zero-order valence-corrected chi connectivity index (χ0v) is 10.1. The molecule has 0 bridgehead atoms. The first-order valence-electron chi connectivity index (χ1n) is 5.74. The number of aliphatic hydroxyl groups is 1. The summed E-state index contributed by atoms with van der Waals surface area (Å²) in [5, 5.41) is 19.5. The fraction of sp³-hybridized carbons (Fsp3) is 0.214. The van der Waals surface area contributed by atoms with Gasteiger partial charge in [0.2, 0.25) is 5.56 Å². The van der Waals surface area contributed by atoms with Crippen molar-refractivity contribution in [2.24, 2.45) is 0 Å². The number of phenolic OH excluding ortho intramolecular Hbond substituents is 1. The molecule has 3 N–H and O–H groups in total. The first-order chi connectivity index (χ1) is 8.63. The van der Waals surface area contributed by atoms with E-state index in [9.17, 15) is 9.90 Å². The van der Waals surface area contributed by atoms with Crippen LogP contribution < -0.4 is 5.56 Å². The molecule has 1 aromatic carbocycles. The lowest BCUT2D eigenvalue weighted by molar-refractivity contribution is 0.342. The normalized spacial score (nSPS) is 11.4. The number of pyridine rings is 1. The quantitative estimate of drug-likeness (QED) is 0.720. The molecule has 4 nitrogen and oxygen atoms in total. The standard InChI is InChI=1S/C14H15NO3/c1-9-8-10(4-2-3-7-16)14(18)11-5-6-12(17)15-13(9)11/h2-3,5-6,8,16,18H,4,7H2,1H3,(H,15,17)/b3-2+. The highest BCUT2D eigenvalue weighted by Gasteiger charge is 2.08. The van der Waals surface area contributed by atoms with E-state index in [1.807, 2.05) is 13.0 Å². The van der Waals surface area contributed by atoms with Gasteiger partial charge in [-0.2, -0.15) is 0 Å². The van der Waals surface area contributed by atoms with E-state index in [-0.39, 0.29) is 17.9 Å². The number of rotatable bonds is 3. The van der Waals surface area contributed by atoms with Gasteiger partial charge in [-0.3, -0.25) is 4.79 Å². The molecule has 1 heterocycles. The topological polar surface area (TPSA) is 73.3 Å². The summed E-state index contributed by atoms with van der Waals surface area (Å²) in [7, 11) is 0. The molecule has 0 spiro atoms. The summed E-state index contributed by atoms with van der Waals surface area (Å²) in [5.41, 5.74) is 2.16. The summed E-state index contributed by atoms with van der Waals surface area (Å²) < 4.78 is 0. The number of benzene rings is 1. The molecule has 4 heteroatoms. The molecular formula is C14H15NO3. The molecule has 0 unspecified atom stereocenters. The van der Waals surface area contributed by atoms with Gasteiger partial charge in [0.25, 0.3) is 0 Å². The van der Waals surface area contributed by atoms with Crippen molar-refractivity contribution in [3.05, 3.63) is 51.8 Å². The molecule has 2 aromatic rings. The number of allylic oxidation sites excluding steroid dienone is 1. The van der Waals surface area contributed by atoms with Crippen LogP contribution >= 0.6 is 0 Å². The number of aryl methyl sites for hydroxylation is 1. The minimum atomic E-state index is -0.182. The summed E-state index contributed by atoms with van der Waals surface area (Å²) in [6.07, 6.45) is 3.97. The third-order valence-electron chi connectivity index (χ3n) is 2.87. The zero-order chi connectivity index (χ0) is 13.1. The number of fused-ring (bicyclic) bond motifs is 1. The maximum Gasteiger partial charge on any atom is 0.248 e. The number of H-pyrrole nitrogens is 1. The second kappa shape index (κ2) is 5.06. The molecule has 0 atom stereocenters. The Balaban J connectivity index is 2.58. The summed E-state index contributed by atoms with van der Waals surface area (Å²) >= 11 is 0. The highest BCUT2D eigenvalue weighted by atomic mass is 16.3. The Morgan fingerprint density at radius 1 is 1.33 bits per heavy atom. The number of aliphatic hydroxyl groups excluding tert-OH is 1. The summed E-state index contributed by atoms with van der Waals surface area (Å²) in [6, 6.07) is 4.86. The molecule has 94 valence electrons. The van der Waals surface area contributed by atoms with Gasteiger partial charge < -0.3 is 15.2 Å². The van der Waals surface area contributed by atoms with Crippen molar-refractivity contribution in [2.75, 3.05) is 6.61 Å². The Bertz CT molecular complexity index is 656. The molecular weight excluding hydrogens is 230 g/mol. The SMILES string of the molecule is Cc1cc(C/C=C/CO)c(O)c2ccc(=O)[nH]c12. The lowest BCUT2D eigenvalue weighted by atomic mass is 10.0. The van der Waals surface area contributed by atoms with E-state index in [1.54, 1.807) is 18.2 Å². The molecule has 0 aliphatic heterocycles. The van der Waals surface area contributed by atoms with Gasteiger partial charge in [-0.05, 0) is 36.6 Å². The Morgan fingerprint density at radius 2 is 2.11 bits per heavy atom. The van der Waals surface area contributed by atoms with Gasteiger partial charge in [0.05, 0.1) is 12.1 Å². The maximum atomic E-state index is 11.3. The van der Waals surface area contributed by atoms with Crippen LogP contribution in [-0.4, -0.2) is 21.8 Å². The van der Waals surface area contributed by atoms with Crippen LogP contribution in [0.1, 0.15) is 11.1 Å². The number of hydrogen-bond donors (Lipinski definition) is 3. The van der Waals surface area contributed by atoms with Crippen molar-refractivity contribution >= 4 is 10.9 Å².